The fourth-order valence-corrected chi connectivity index (χ4v) is 11.8. The van der Waals surface area contributed by atoms with Crippen molar-refractivity contribution in [2.24, 2.45) is 7.05 Å². The fourth-order valence-electron chi connectivity index (χ4n) is 11.8. The highest BCUT2D eigenvalue weighted by Crippen LogP contribution is 2.50. The van der Waals surface area contributed by atoms with Gasteiger partial charge in [-0.15, -0.1) is 0 Å². The largest absolute Gasteiger partial charge is 0.342 e. The Morgan fingerprint density at radius 3 is 1.27 bits per heavy atom. The third kappa shape index (κ3) is 8.22. The van der Waals surface area contributed by atoms with Crippen LogP contribution in [0.1, 0.15) is 132 Å². The Morgan fingerprint density at radius 1 is 0.351 bits per heavy atom. The second kappa shape index (κ2) is 17.0. The molecule has 0 saturated heterocycles. The molecule has 0 fully saturated rings. The van der Waals surface area contributed by atoms with Crippen LogP contribution in [0.3, 0.4) is 0 Å². The van der Waals surface area contributed by atoms with Gasteiger partial charge in [-0.05, 0) is 150 Å². The summed E-state index contributed by atoms with van der Waals surface area (Å²) in [6, 6.07) is 63.5. The lowest BCUT2D eigenvalue weighted by molar-refractivity contribution is 0.590. The van der Waals surface area contributed by atoms with Crippen LogP contribution >= 0.6 is 0 Å². The first kappa shape index (κ1) is 49.2. The zero-order chi connectivity index (χ0) is 52.6. The fraction of sp³-hybridized carbons (Fsp3) is 0.304. The van der Waals surface area contributed by atoms with Gasteiger partial charge < -0.3 is 19.3 Å². The number of fused-ring (bicyclic) bond motifs is 7. The molecule has 0 aliphatic carbocycles. The quantitative estimate of drug-likeness (QED) is 0.160. The van der Waals surface area contributed by atoms with Gasteiger partial charge in [0.05, 0.1) is 11.2 Å². The minimum absolute atomic E-state index is 0.0116. The molecule has 2 aliphatic rings. The molecular weight excluding hydrogens is 896 g/mol. The van der Waals surface area contributed by atoms with Crippen LogP contribution in [-0.4, -0.2) is 11.3 Å². The highest BCUT2D eigenvalue weighted by atomic mass is 15.2. The highest BCUT2D eigenvalue weighted by molar-refractivity contribution is 7.00. The van der Waals surface area contributed by atoms with Crippen LogP contribution in [0.25, 0.3) is 21.8 Å². The second-order valence-electron chi connectivity index (χ2n) is 26.5. The van der Waals surface area contributed by atoms with Crippen molar-refractivity contribution in [1.29, 1.82) is 0 Å². The molecule has 0 saturated carbocycles. The monoisotopic (exact) mass is 971 g/mol. The van der Waals surface area contributed by atoms with Gasteiger partial charge in [-0.25, -0.2) is 0 Å². The number of para-hydroxylation sites is 1. The number of hydrogen-bond acceptors (Lipinski definition) is 3. The summed E-state index contributed by atoms with van der Waals surface area (Å²) < 4.78 is 2.43. The Balaban J connectivity index is 1.24. The summed E-state index contributed by atoms with van der Waals surface area (Å²) in [7, 11) is 2.26. The van der Waals surface area contributed by atoms with Crippen molar-refractivity contribution in [3.8, 4) is 0 Å². The van der Waals surface area contributed by atoms with Gasteiger partial charge in [-0.3, -0.25) is 0 Å². The molecule has 11 rings (SSSR count). The van der Waals surface area contributed by atoms with Crippen molar-refractivity contribution in [3.63, 3.8) is 0 Å². The van der Waals surface area contributed by atoms with Crippen molar-refractivity contribution in [1.82, 2.24) is 4.57 Å². The molecule has 5 heteroatoms. The van der Waals surface area contributed by atoms with E-state index in [2.05, 4.69) is 294 Å². The Labute approximate surface area is 442 Å². The van der Waals surface area contributed by atoms with Crippen molar-refractivity contribution in [2.45, 2.75) is 131 Å². The average Bonchev–Trinajstić information content (AvgIpc) is 3.67. The Morgan fingerprint density at radius 2 is 0.784 bits per heavy atom. The van der Waals surface area contributed by atoms with Gasteiger partial charge in [0.25, 0.3) is 6.71 Å². The molecule has 0 amide bonds. The molecule has 0 radical (unpaired) electrons. The van der Waals surface area contributed by atoms with E-state index >= 15 is 0 Å². The van der Waals surface area contributed by atoms with E-state index in [9.17, 15) is 0 Å². The van der Waals surface area contributed by atoms with Crippen molar-refractivity contribution >= 4 is 96.1 Å². The number of aromatic nitrogens is 1. The number of anilines is 9. The number of benzene rings is 8. The minimum atomic E-state index is -0.0696. The average molecular weight is 971 g/mol. The maximum absolute atomic E-state index is 2.63. The van der Waals surface area contributed by atoms with E-state index in [-0.39, 0.29) is 33.8 Å². The summed E-state index contributed by atoms with van der Waals surface area (Å²) >= 11 is 0. The van der Waals surface area contributed by atoms with E-state index in [0.29, 0.717) is 0 Å². The summed E-state index contributed by atoms with van der Waals surface area (Å²) in [5.41, 5.74) is 23.5. The lowest BCUT2D eigenvalue weighted by atomic mass is 9.33. The summed E-state index contributed by atoms with van der Waals surface area (Å²) in [5, 5.41) is 2.46. The van der Waals surface area contributed by atoms with Crippen LogP contribution in [0.5, 0.6) is 0 Å². The zero-order valence-corrected chi connectivity index (χ0v) is 47.0. The highest BCUT2D eigenvalue weighted by Gasteiger charge is 2.45. The molecular formula is C69H75BN4. The molecule has 0 spiro atoms. The van der Waals surface area contributed by atoms with Crippen LogP contribution < -0.4 is 31.1 Å². The maximum atomic E-state index is 2.63. The minimum Gasteiger partial charge on any atom is -0.342 e. The smallest absolute Gasteiger partial charge is 0.252 e. The molecule has 374 valence electrons. The van der Waals surface area contributed by atoms with E-state index in [1.165, 1.54) is 94.4 Å². The Hall–Kier alpha value is -6.98. The van der Waals surface area contributed by atoms with Gasteiger partial charge in [-0.2, -0.15) is 0 Å². The van der Waals surface area contributed by atoms with Gasteiger partial charge in [0, 0.05) is 68.8 Å². The number of nitrogens with zero attached hydrogens (tertiary/aromatic N) is 4. The Bertz CT molecular complexity index is 3580. The van der Waals surface area contributed by atoms with Crippen LogP contribution in [0, 0.1) is 0 Å². The van der Waals surface area contributed by atoms with Crippen LogP contribution in [0.4, 0.5) is 51.2 Å². The predicted octanol–water partition coefficient (Wildman–Crippen LogP) is 17.4. The van der Waals surface area contributed by atoms with E-state index in [1.54, 1.807) is 0 Å². The third-order valence-electron chi connectivity index (χ3n) is 16.2. The SMILES string of the molecule is Cn1c2ccccc2c2cc(N(c3ccc(C(C)(C)C)cc3)c3ccc(C(C)(C)C)cc3)cc(N3c4ccc(C(C)(C)C)cc4B4c5cc(C(C)(C)C)ccc5N(c5ccc(C(C)(C)C)cc5)c5cccc3c54)c21. The standard InChI is InChI=1S/C69H75BN4/c1-65(2,3)44-24-32-49(33-25-44)72(50-34-26-45(27-35-50)66(4,5)6)52-42-54-53-20-17-18-21-57(53)71(16)64(54)62(43-52)74-59-39-31-48(69(13,14)15)41-56(59)70-55-40-47(68(10,11)12)30-38-58(55)73(60-22-19-23-61(74)63(60)70)51-36-28-46(29-37-51)67(7,8)9/h17-43H,1-16H3. The lowest BCUT2D eigenvalue weighted by Gasteiger charge is -2.45. The van der Waals surface area contributed by atoms with E-state index in [4.69, 9.17) is 0 Å². The van der Waals surface area contributed by atoms with Crippen LogP contribution in [-0.2, 0) is 34.1 Å². The molecule has 8 aromatic carbocycles. The second-order valence-corrected chi connectivity index (χ2v) is 26.5. The predicted molar refractivity (Wildman–Crippen MR) is 323 cm³/mol. The molecule has 74 heavy (non-hydrogen) atoms. The molecule has 0 unspecified atom stereocenters. The molecule has 3 heterocycles. The van der Waals surface area contributed by atoms with Crippen molar-refractivity contribution < 1.29 is 0 Å². The zero-order valence-electron chi connectivity index (χ0n) is 47.0. The molecule has 4 nitrogen and oxygen atoms in total. The van der Waals surface area contributed by atoms with Crippen LogP contribution in [0.15, 0.2) is 164 Å². The molecule has 2 aliphatic heterocycles. The molecule has 9 aromatic rings. The van der Waals surface area contributed by atoms with Gasteiger partial charge in [0.2, 0.25) is 0 Å². The van der Waals surface area contributed by atoms with Gasteiger partial charge in [0.1, 0.15) is 0 Å². The Kier molecular flexibility index (Phi) is 11.3. The summed E-state index contributed by atoms with van der Waals surface area (Å²) in [6.07, 6.45) is 0. The summed E-state index contributed by atoms with van der Waals surface area (Å²) in [5.74, 6) is 0. The third-order valence-corrected chi connectivity index (χ3v) is 16.2. The maximum Gasteiger partial charge on any atom is 0.252 e. The van der Waals surface area contributed by atoms with E-state index < -0.39 is 0 Å². The molecule has 0 bridgehead atoms. The normalized spacial score (nSPS) is 13.9. The first-order chi connectivity index (χ1) is 34.8. The molecule has 0 N–H and O–H groups in total. The van der Waals surface area contributed by atoms with Crippen molar-refractivity contribution in [3.05, 3.63) is 192 Å². The summed E-state index contributed by atoms with van der Waals surface area (Å²) in [4.78, 5) is 7.66. The lowest BCUT2D eigenvalue weighted by Crippen LogP contribution is -2.61. The van der Waals surface area contributed by atoms with Gasteiger partial charge >= 0.3 is 0 Å². The van der Waals surface area contributed by atoms with Crippen molar-refractivity contribution in [2.75, 3.05) is 14.7 Å². The number of hydrogen-bond donors (Lipinski definition) is 0. The first-order valence-corrected chi connectivity index (χ1v) is 26.9. The topological polar surface area (TPSA) is 14.7 Å². The van der Waals surface area contributed by atoms with E-state index in [1.807, 2.05) is 0 Å². The first-order valence-electron chi connectivity index (χ1n) is 26.9. The number of aryl methyl sites for hydroxylation is 1. The molecule has 0 atom stereocenters. The van der Waals surface area contributed by atoms with Gasteiger partial charge in [-0.1, -0.05) is 189 Å². The molecule has 1 aromatic heterocycles. The van der Waals surface area contributed by atoms with Crippen LogP contribution in [0.2, 0.25) is 0 Å². The van der Waals surface area contributed by atoms with E-state index in [0.717, 1.165) is 22.7 Å². The summed E-state index contributed by atoms with van der Waals surface area (Å²) in [6.45, 7) is 34.7. The van der Waals surface area contributed by atoms with Gasteiger partial charge in [0.15, 0.2) is 0 Å². The number of rotatable bonds is 5.